The van der Waals surface area contributed by atoms with E-state index in [1.54, 1.807) is 0 Å². The summed E-state index contributed by atoms with van der Waals surface area (Å²) < 4.78 is 0. The molecule has 2 rings (SSSR count). The summed E-state index contributed by atoms with van der Waals surface area (Å²) in [6, 6.07) is 6.76. The molecule has 0 spiro atoms. The van der Waals surface area contributed by atoms with E-state index in [2.05, 4.69) is 18.2 Å². The lowest BCUT2D eigenvalue weighted by Crippen LogP contribution is -2.32. The van der Waals surface area contributed by atoms with E-state index in [9.17, 15) is 4.79 Å². The van der Waals surface area contributed by atoms with E-state index >= 15 is 0 Å². The minimum atomic E-state index is -0.725. The van der Waals surface area contributed by atoms with Crippen LogP contribution >= 0.6 is 0 Å². The third-order valence-corrected chi connectivity index (χ3v) is 4.02. The van der Waals surface area contributed by atoms with Crippen LogP contribution in [0.3, 0.4) is 0 Å². The molecule has 0 aromatic heterocycles. The Morgan fingerprint density at radius 1 is 1.26 bits per heavy atom. The zero-order chi connectivity index (χ0) is 13.8. The van der Waals surface area contributed by atoms with Gasteiger partial charge in [0.25, 0.3) is 0 Å². The number of benzene rings is 1. The van der Waals surface area contributed by atoms with Gasteiger partial charge in [-0.2, -0.15) is 0 Å². The average molecular weight is 261 g/mol. The van der Waals surface area contributed by atoms with Crippen molar-refractivity contribution in [3.8, 4) is 0 Å². The van der Waals surface area contributed by atoms with Crippen LogP contribution in [0.2, 0.25) is 0 Å². The Balaban J connectivity index is 2.10. The molecule has 3 nitrogen and oxygen atoms in total. The highest BCUT2D eigenvalue weighted by atomic mass is 16.4. The monoisotopic (exact) mass is 261 g/mol. The van der Waals surface area contributed by atoms with Crippen LogP contribution in [0.4, 0.5) is 0 Å². The Morgan fingerprint density at radius 3 is 2.58 bits per heavy atom. The van der Waals surface area contributed by atoms with E-state index in [0.29, 0.717) is 0 Å². The number of carboxylic acids is 1. The molecule has 1 aliphatic rings. The van der Waals surface area contributed by atoms with E-state index in [-0.39, 0.29) is 12.5 Å². The molecule has 1 aromatic carbocycles. The number of nitrogens with zero attached hydrogens (tertiary/aromatic N) is 1. The standard InChI is InChI=1S/C16H23NO2/c1-17(2)15(11-16(18)19)10-12-7-8-13-5-3-4-6-14(13)9-12/h7-9,15H,3-6,10-11H2,1-2H3,(H,18,19). The number of aryl methyl sites for hydroxylation is 2. The summed E-state index contributed by atoms with van der Waals surface area (Å²) in [5.74, 6) is -0.725. The number of hydrogen-bond acceptors (Lipinski definition) is 2. The largest absolute Gasteiger partial charge is 0.481 e. The van der Waals surface area contributed by atoms with Crippen LogP contribution in [0.15, 0.2) is 18.2 Å². The fraction of sp³-hybridized carbons (Fsp3) is 0.562. The summed E-state index contributed by atoms with van der Waals surface area (Å²) in [7, 11) is 3.90. The van der Waals surface area contributed by atoms with E-state index in [1.165, 1.54) is 42.4 Å². The first-order chi connectivity index (χ1) is 9.06. The predicted octanol–water partition coefficient (Wildman–Crippen LogP) is 2.51. The van der Waals surface area contributed by atoms with Gasteiger partial charge in [-0.3, -0.25) is 4.79 Å². The quantitative estimate of drug-likeness (QED) is 0.885. The molecule has 1 aliphatic carbocycles. The van der Waals surface area contributed by atoms with Crippen LogP contribution in [-0.4, -0.2) is 36.1 Å². The van der Waals surface area contributed by atoms with Crippen molar-refractivity contribution in [2.24, 2.45) is 0 Å². The Bertz CT molecular complexity index is 454. The van der Waals surface area contributed by atoms with E-state index in [1.807, 2.05) is 19.0 Å². The molecule has 0 amide bonds. The molecule has 104 valence electrons. The van der Waals surface area contributed by atoms with Gasteiger partial charge in [-0.1, -0.05) is 18.2 Å². The van der Waals surface area contributed by atoms with Gasteiger partial charge in [-0.15, -0.1) is 0 Å². The maximum Gasteiger partial charge on any atom is 0.304 e. The number of hydrogen-bond donors (Lipinski definition) is 1. The van der Waals surface area contributed by atoms with Gasteiger partial charge in [0.2, 0.25) is 0 Å². The van der Waals surface area contributed by atoms with Crippen molar-refractivity contribution in [3.63, 3.8) is 0 Å². The zero-order valence-corrected chi connectivity index (χ0v) is 11.9. The highest BCUT2D eigenvalue weighted by Crippen LogP contribution is 2.23. The van der Waals surface area contributed by atoms with Crippen LogP contribution < -0.4 is 0 Å². The second kappa shape index (κ2) is 6.20. The molecular weight excluding hydrogens is 238 g/mol. The highest BCUT2D eigenvalue weighted by molar-refractivity contribution is 5.67. The van der Waals surface area contributed by atoms with Crippen molar-refractivity contribution < 1.29 is 9.90 Å². The third kappa shape index (κ3) is 3.80. The molecular formula is C16H23NO2. The molecule has 0 bridgehead atoms. The Hall–Kier alpha value is -1.35. The predicted molar refractivity (Wildman–Crippen MR) is 76.5 cm³/mol. The Labute approximate surface area is 115 Å². The first-order valence-corrected chi connectivity index (χ1v) is 7.05. The lowest BCUT2D eigenvalue weighted by molar-refractivity contribution is -0.138. The van der Waals surface area contributed by atoms with Gasteiger partial charge in [0.15, 0.2) is 0 Å². The lowest BCUT2D eigenvalue weighted by Gasteiger charge is -2.24. The molecule has 0 heterocycles. The van der Waals surface area contributed by atoms with Crippen LogP contribution in [0, 0.1) is 0 Å². The van der Waals surface area contributed by atoms with Crippen molar-refractivity contribution >= 4 is 5.97 Å². The van der Waals surface area contributed by atoms with Crippen molar-refractivity contribution in [2.75, 3.05) is 14.1 Å². The van der Waals surface area contributed by atoms with Crippen molar-refractivity contribution in [2.45, 2.75) is 44.6 Å². The molecule has 0 saturated carbocycles. The van der Waals surface area contributed by atoms with E-state index in [4.69, 9.17) is 5.11 Å². The van der Waals surface area contributed by atoms with Gasteiger partial charge in [0.05, 0.1) is 6.42 Å². The van der Waals surface area contributed by atoms with Gasteiger partial charge in [0.1, 0.15) is 0 Å². The maximum atomic E-state index is 10.9. The number of fused-ring (bicyclic) bond motifs is 1. The normalized spacial score (nSPS) is 16.2. The summed E-state index contributed by atoms with van der Waals surface area (Å²) in [6.45, 7) is 0. The second-order valence-corrected chi connectivity index (χ2v) is 5.73. The molecule has 1 aromatic rings. The maximum absolute atomic E-state index is 10.9. The number of aliphatic carboxylic acids is 1. The average Bonchev–Trinajstić information content (AvgIpc) is 2.37. The van der Waals surface area contributed by atoms with Crippen molar-refractivity contribution in [3.05, 3.63) is 34.9 Å². The molecule has 0 saturated heterocycles. The van der Waals surface area contributed by atoms with Crippen LogP contribution in [0.25, 0.3) is 0 Å². The minimum Gasteiger partial charge on any atom is -0.481 e. The Kier molecular flexibility index (Phi) is 4.59. The van der Waals surface area contributed by atoms with Crippen LogP contribution in [0.1, 0.15) is 36.0 Å². The first kappa shape index (κ1) is 14.1. The van der Waals surface area contributed by atoms with E-state index < -0.39 is 5.97 Å². The summed E-state index contributed by atoms with van der Waals surface area (Å²) in [4.78, 5) is 12.9. The zero-order valence-electron chi connectivity index (χ0n) is 11.9. The summed E-state index contributed by atoms with van der Waals surface area (Å²) >= 11 is 0. The van der Waals surface area contributed by atoms with Crippen LogP contribution in [0.5, 0.6) is 0 Å². The number of likely N-dealkylation sites (N-methyl/N-ethyl adjacent to an activating group) is 1. The Morgan fingerprint density at radius 2 is 1.95 bits per heavy atom. The summed E-state index contributed by atoms with van der Waals surface area (Å²) in [6.07, 6.45) is 5.96. The minimum absolute atomic E-state index is 0.0686. The molecule has 19 heavy (non-hydrogen) atoms. The fourth-order valence-corrected chi connectivity index (χ4v) is 2.82. The first-order valence-electron chi connectivity index (χ1n) is 7.05. The summed E-state index contributed by atoms with van der Waals surface area (Å²) in [5, 5.41) is 8.98. The summed E-state index contributed by atoms with van der Waals surface area (Å²) in [5.41, 5.74) is 4.21. The second-order valence-electron chi connectivity index (χ2n) is 5.73. The molecule has 3 heteroatoms. The van der Waals surface area contributed by atoms with Gasteiger partial charge >= 0.3 is 5.97 Å². The molecule has 0 fully saturated rings. The van der Waals surface area contributed by atoms with Crippen molar-refractivity contribution in [1.29, 1.82) is 0 Å². The molecule has 1 N–H and O–H groups in total. The SMILES string of the molecule is CN(C)C(CC(=O)O)Cc1ccc2c(c1)CCCC2. The van der Waals surface area contributed by atoms with E-state index in [0.717, 1.165) is 6.42 Å². The van der Waals surface area contributed by atoms with Crippen molar-refractivity contribution in [1.82, 2.24) is 4.90 Å². The topological polar surface area (TPSA) is 40.5 Å². The van der Waals surface area contributed by atoms with Gasteiger partial charge < -0.3 is 10.0 Å². The van der Waals surface area contributed by atoms with Gasteiger partial charge in [-0.25, -0.2) is 0 Å². The highest BCUT2D eigenvalue weighted by Gasteiger charge is 2.17. The third-order valence-electron chi connectivity index (χ3n) is 4.02. The number of carbonyl (C=O) groups is 1. The smallest absolute Gasteiger partial charge is 0.304 e. The molecule has 1 atom stereocenters. The molecule has 1 unspecified atom stereocenters. The number of rotatable bonds is 5. The molecule has 0 aliphatic heterocycles. The fourth-order valence-electron chi connectivity index (χ4n) is 2.82. The molecule has 0 radical (unpaired) electrons. The number of carboxylic acid groups (broad SMARTS) is 1. The van der Waals surface area contributed by atoms with Gasteiger partial charge in [-0.05, 0) is 62.9 Å². The van der Waals surface area contributed by atoms with Gasteiger partial charge in [0, 0.05) is 6.04 Å². The van der Waals surface area contributed by atoms with Crippen LogP contribution in [-0.2, 0) is 24.1 Å². The lowest BCUT2D eigenvalue weighted by atomic mass is 9.89.